The fourth-order valence-corrected chi connectivity index (χ4v) is 4.15. The van der Waals surface area contributed by atoms with Crippen LogP contribution in [0.2, 0.25) is 0 Å². The fourth-order valence-electron chi connectivity index (χ4n) is 3.17. The van der Waals surface area contributed by atoms with Crippen molar-refractivity contribution in [1.82, 2.24) is 9.88 Å². The summed E-state index contributed by atoms with van der Waals surface area (Å²) in [4.78, 5) is 43.0. The minimum Gasteiger partial charge on any atom is -0.342 e. The second kappa shape index (κ2) is 6.78. The lowest BCUT2D eigenvalue weighted by atomic mass is 9.97. The van der Waals surface area contributed by atoms with E-state index >= 15 is 0 Å². The molecule has 0 saturated carbocycles. The second-order valence-corrected chi connectivity index (χ2v) is 7.09. The molecule has 0 bridgehead atoms. The van der Waals surface area contributed by atoms with E-state index in [2.05, 4.69) is 10.3 Å². The summed E-state index contributed by atoms with van der Waals surface area (Å²) in [7, 11) is 0. The number of aromatic nitrogens is 1. The highest BCUT2D eigenvalue weighted by molar-refractivity contribution is 7.17. The van der Waals surface area contributed by atoms with E-state index in [1.54, 1.807) is 4.90 Å². The number of fused-ring (bicyclic) bond motifs is 1. The molecule has 0 unspecified atom stereocenters. The number of aryl methyl sites for hydroxylation is 1. The van der Waals surface area contributed by atoms with Crippen molar-refractivity contribution < 1.29 is 14.4 Å². The first-order chi connectivity index (χ1) is 11.1. The molecule has 1 aromatic heterocycles. The molecule has 2 amide bonds. The van der Waals surface area contributed by atoms with E-state index in [1.165, 1.54) is 11.3 Å². The largest absolute Gasteiger partial charge is 0.342 e. The SMILES string of the molecule is CCC(=O)N1CCC[C@@H](C(=O)Nc2nc3c(s2)C(=O)CCC3)C1. The summed E-state index contributed by atoms with van der Waals surface area (Å²) in [5.41, 5.74) is 0.813. The molecular weight excluding hydrogens is 314 g/mol. The van der Waals surface area contributed by atoms with Crippen LogP contribution in [0.15, 0.2) is 0 Å². The van der Waals surface area contributed by atoms with Crippen molar-refractivity contribution in [2.45, 2.75) is 45.4 Å². The zero-order valence-corrected chi connectivity index (χ0v) is 14.1. The normalized spacial score (nSPS) is 21.0. The summed E-state index contributed by atoms with van der Waals surface area (Å²) in [5.74, 6) is -0.0764. The van der Waals surface area contributed by atoms with Crippen LogP contribution in [-0.2, 0) is 16.0 Å². The number of Topliss-reactive ketones (excluding diaryl/α,β-unsaturated/α-hetero) is 1. The van der Waals surface area contributed by atoms with E-state index in [0.29, 0.717) is 29.4 Å². The number of likely N-dealkylation sites (tertiary alicyclic amines) is 1. The zero-order chi connectivity index (χ0) is 16.4. The van der Waals surface area contributed by atoms with Crippen molar-refractivity contribution in [2.24, 2.45) is 5.92 Å². The molecule has 1 aromatic rings. The van der Waals surface area contributed by atoms with E-state index in [-0.39, 0.29) is 23.5 Å². The van der Waals surface area contributed by atoms with Crippen molar-refractivity contribution in [3.8, 4) is 0 Å². The maximum absolute atomic E-state index is 12.5. The van der Waals surface area contributed by atoms with Crippen LogP contribution < -0.4 is 5.32 Å². The summed E-state index contributed by atoms with van der Waals surface area (Å²) in [6.45, 7) is 3.04. The number of thiazole rings is 1. The van der Waals surface area contributed by atoms with Gasteiger partial charge in [0.2, 0.25) is 11.8 Å². The Labute approximate surface area is 139 Å². The fraction of sp³-hybridized carbons (Fsp3) is 0.625. The van der Waals surface area contributed by atoms with E-state index in [9.17, 15) is 14.4 Å². The molecular formula is C16H21N3O3S. The molecule has 0 aromatic carbocycles. The maximum Gasteiger partial charge on any atom is 0.231 e. The Morgan fingerprint density at radius 1 is 1.35 bits per heavy atom. The lowest BCUT2D eigenvalue weighted by molar-refractivity contribution is -0.134. The third-order valence-electron chi connectivity index (χ3n) is 4.45. The van der Waals surface area contributed by atoms with Gasteiger partial charge in [0.25, 0.3) is 0 Å². The number of piperidine rings is 1. The predicted octanol–water partition coefficient (Wildman–Crippen LogP) is 2.25. The van der Waals surface area contributed by atoms with E-state index in [1.807, 2.05) is 6.92 Å². The van der Waals surface area contributed by atoms with Crippen LogP contribution in [0.3, 0.4) is 0 Å². The van der Waals surface area contributed by atoms with Gasteiger partial charge in [-0.15, -0.1) is 0 Å². The molecule has 0 radical (unpaired) electrons. The van der Waals surface area contributed by atoms with Gasteiger partial charge in [0.1, 0.15) is 0 Å². The summed E-state index contributed by atoms with van der Waals surface area (Å²) >= 11 is 1.27. The Morgan fingerprint density at radius 2 is 2.17 bits per heavy atom. The highest BCUT2D eigenvalue weighted by atomic mass is 32.1. The Morgan fingerprint density at radius 3 is 2.91 bits per heavy atom. The quantitative estimate of drug-likeness (QED) is 0.919. The van der Waals surface area contributed by atoms with Gasteiger partial charge in [0.15, 0.2) is 10.9 Å². The molecule has 1 saturated heterocycles. The maximum atomic E-state index is 12.5. The molecule has 7 heteroatoms. The predicted molar refractivity (Wildman–Crippen MR) is 87.6 cm³/mol. The molecule has 6 nitrogen and oxygen atoms in total. The number of hydrogen-bond donors (Lipinski definition) is 1. The Kier molecular flexibility index (Phi) is 4.75. The number of nitrogens with zero attached hydrogens (tertiary/aromatic N) is 2. The van der Waals surface area contributed by atoms with Gasteiger partial charge in [-0.25, -0.2) is 4.98 Å². The Balaban J connectivity index is 1.65. The average Bonchev–Trinajstić information content (AvgIpc) is 2.98. The molecule has 1 atom stereocenters. The molecule has 124 valence electrons. The van der Waals surface area contributed by atoms with E-state index < -0.39 is 0 Å². The number of carbonyl (C=O) groups excluding carboxylic acids is 3. The van der Waals surface area contributed by atoms with Crippen LogP contribution in [-0.4, -0.2) is 40.6 Å². The lowest BCUT2D eigenvalue weighted by Gasteiger charge is -2.31. The first-order valence-corrected chi connectivity index (χ1v) is 9.01. The minimum atomic E-state index is -0.198. The zero-order valence-electron chi connectivity index (χ0n) is 13.3. The number of ketones is 1. The van der Waals surface area contributed by atoms with Crippen molar-refractivity contribution in [3.63, 3.8) is 0 Å². The van der Waals surface area contributed by atoms with Gasteiger partial charge in [-0.1, -0.05) is 18.3 Å². The molecule has 1 N–H and O–H groups in total. The molecule has 2 heterocycles. The summed E-state index contributed by atoms with van der Waals surface area (Å²) in [6, 6.07) is 0. The summed E-state index contributed by atoms with van der Waals surface area (Å²) in [5, 5.41) is 3.35. The minimum absolute atomic E-state index is 0.0952. The molecule has 2 aliphatic rings. The van der Waals surface area contributed by atoms with E-state index in [0.717, 1.165) is 37.9 Å². The number of nitrogens with one attached hydrogen (secondary N) is 1. The third-order valence-corrected chi connectivity index (χ3v) is 5.50. The van der Waals surface area contributed by atoms with Crippen molar-refractivity contribution in [3.05, 3.63) is 10.6 Å². The van der Waals surface area contributed by atoms with E-state index in [4.69, 9.17) is 0 Å². The monoisotopic (exact) mass is 335 g/mol. The second-order valence-electron chi connectivity index (χ2n) is 6.09. The standard InChI is InChI=1S/C16H21N3O3S/c1-2-13(21)19-8-4-5-10(9-19)15(22)18-16-17-11-6-3-7-12(20)14(11)23-16/h10H,2-9H2,1H3,(H,17,18,22)/t10-/m1/s1. The molecule has 3 rings (SSSR count). The van der Waals surface area contributed by atoms with Gasteiger partial charge in [0.05, 0.1) is 16.5 Å². The van der Waals surface area contributed by atoms with Gasteiger partial charge >= 0.3 is 0 Å². The highest BCUT2D eigenvalue weighted by Gasteiger charge is 2.29. The molecule has 1 aliphatic heterocycles. The van der Waals surface area contributed by atoms with Crippen LogP contribution >= 0.6 is 11.3 Å². The third kappa shape index (κ3) is 3.44. The topological polar surface area (TPSA) is 79.4 Å². The highest BCUT2D eigenvalue weighted by Crippen LogP contribution is 2.30. The van der Waals surface area contributed by atoms with Crippen molar-refractivity contribution in [2.75, 3.05) is 18.4 Å². The average molecular weight is 335 g/mol. The van der Waals surface area contributed by atoms with Gasteiger partial charge in [0, 0.05) is 25.9 Å². The smallest absolute Gasteiger partial charge is 0.231 e. The van der Waals surface area contributed by atoms with Crippen molar-refractivity contribution >= 4 is 34.1 Å². The van der Waals surface area contributed by atoms with Gasteiger partial charge in [-0.3, -0.25) is 14.4 Å². The number of anilines is 1. The summed E-state index contributed by atoms with van der Waals surface area (Å²) in [6.07, 6.45) is 4.30. The van der Waals surface area contributed by atoms with Crippen LogP contribution in [0.1, 0.15) is 54.4 Å². The molecule has 23 heavy (non-hydrogen) atoms. The Hall–Kier alpha value is -1.76. The number of hydrogen-bond acceptors (Lipinski definition) is 5. The number of amides is 2. The van der Waals surface area contributed by atoms with Crippen LogP contribution in [0.5, 0.6) is 0 Å². The number of carbonyl (C=O) groups is 3. The summed E-state index contributed by atoms with van der Waals surface area (Å²) < 4.78 is 0. The number of rotatable bonds is 3. The van der Waals surface area contributed by atoms with Crippen molar-refractivity contribution in [1.29, 1.82) is 0 Å². The molecule has 1 fully saturated rings. The first-order valence-electron chi connectivity index (χ1n) is 8.20. The van der Waals surface area contributed by atoms with Gasteiger partial charge < -0.3 is 10.2 Å². The van der Waals surface area contributed by atoms with Crippen LogP contribution in [0.4, 0.5) is 5.13 Å². The Bertz CT molecular complexity index is 641. The first kappa shape index (κ1) is 16.1. The lowest BCUT2D eigenvalue weighted by Crippen LogP contribution is -2.43. The van der Waals surface area contributed by atoms with Gasteiger partial charge in [-0.05, 0) is 25.7 Å². The molecule has 0 spiro atoms. The van der Waals surface area contributed by atoms with Crippen LogP contribution in [0, 0.1) is 5.92 Å². The van der Waals surface area contributed by atoms with Gasteiger partial charge in [-0.2, -0.15) is 0 Å². The van der Waals surface area contributed by atoms with Crippen LogP contribution in [0.25, 0.3) is 0 Å². The molecule has 1 aliphatic carbocycles.